The highest BCUT2D eigenvalue weighted by atomic mass is 79.9. The number of nitrogens with zero attached hydrogens (tertiary/aromatic N) is 1. The molecule has 3 nitrogen and oxygen atoms in total. The third kappa shape index (κ3) is 3.75. The molecular formula is C13H9BrClFN2O. The molecule has 0 bridgehead atoms. The van der Waals surface area contributed by atoms with Gasteiger partial charge in [0.15, 0.2) is 0 Å². The van der Waals surface area contributed by atoms with E-state index in [1.807, 2.05) is 0 Å². The topological polar surface area (TPSA) is 42.0 Å². The van der Waals surface area contributed by atoms with Crippen LogP contribution in [-0.2, 0) is 6.54 Å². The number of amides is 1. The number of carbonyl (C=O) groups excluding carboxylic acids is 1. The van der Waals surface area contributed by atoms with E-state index >= 15 is 0 Å². The Morgan fingerprint density at radius 1 is 1.37 bits per heavy atom. The van der Waals surface area contributed by atoms with Crippen LogP contribution in [0.25, 0.3) is 0 Å². The lowest BCUT2D eigenvalue weighted by Crippen LogP contribution is -2.22. The molecule has 0 atom stereocenters. The van der Waals surface area contributed by atoms with Gasteiger partial charge in [0.05, 0.1) is 10.6 Å². The quantitative estimate of drug-likeness (QED) is 0.866. The lowest BCUT2D eigenvalue weighted by atomic mass is 10.2. The van der Waals surface area contributed by atoms with E-state index < -0.39 is 5.82 Å². The molecule has 0 spiro atoms. The fraction of sp³-hybridized carbons (Fsp3) is 0.0769. The zero-order valence-electron chi connectivity index (χ0n) is 9.66. The van der Waals surface area contributed by atoms with Gasteiger partial charge in [0, 0.05) is 12.7 Å². The summed E-state index contributed by atoms with van der Waals surface area (Å²) < 4.78 is 13.6. The van der Waals surface area contributed by atoms with Crippen molar-refractivity contribution in [3.8, 4) is 0 Å². The van der Waals surface area contributed by atoms with E-state index in [4.69, 9.17) is 11.6 Å². The molecule has 1 heterocycles. The van der Waals surface area contributed by atoms with Crippen LogP contribution in [0, 0.1) is 5.82 Å². The summed E-state index contributed by atoms with van der Waals surface area (Å²) in [6.45, 7) is 0.273. The summed E-state index contributed by atoms with van der Waals surface area (Å²) in [5, 5.41) is 2.74. The van der Waals surface area contributed by atoms with Gasteiger partial charge in [-0.2, -0.15) is 0 Å². The number of benzene rings is 1. The number of rotatable bonds is 3. The number of hydrogen-bond acceptors (Lipinski definition) is 2. The van der Waals surface area contributed by atoms with Crippen molar-refractivity contribution in [2.75, 3.05) is 0 Å². The van der Waals surface area contributed by atoms with Crippen LogP contribution in [0.3, 0.4) is 0 Å². The van der Waals surface area contributed by atoms with Crippen LogP contribution in [0.1, 0.15) is 15.9 Å². The second kappa shape index (κ2) is 6.12. The third-order valence-corrected chi connectivity index (χ3v) is 3.19. The van der Waals surface area contributed by atoms with Crippen molar-refractivity contribution in [2.45, 2.75) is 6.54 Å². The van der Waals surface area contributed by atoms with Crippen LogP contribution in [0.5, 0.6) is 0 Å². The van der Waals surface area contributed by atoms with E-state index in [0.29, 0.717) is 10.2 Å². The predicted molar refractivity (Wildman–Crippen MR) is 74.5 cm³/mol. The maximum atomic E-state index is 13.0. The number of hydrogen-bond donors (Lipinski definition) is 1. The highest BCUT2D eigenvalue weighted by Crippen LogP contribution is 2.16. The summed E-state index contributed by atoms with van der Waals surface area (Å²) in [5.74, 6) is -0.727. The third-order valence-electron chi connectivity index (χ3n) is 2.43. The van der Waals surface area contributed by atoms with Crippen molar-refractivity contribution in [1.82, 2.24) is 10.3 Å². The summed E-state index contributed by atoms with van der Waals surface area (Å²) in [6.07, 6.45) is 1.47. The average Bonchev–Trinajstić information content (AvgIpc) is 2.40. The van der Waals surface area contributed by atoms with E-state index in [-0.39, 0.29) is 17.5 Å². The van der Waals surface area contributed by atoms with Gasteiger partial charge in [0.2, 0.25) is 0 Å². The normalized spacial score (nSPS) is 10.3. The molecule has 2 rings (SSSR count). The first-order chi connectivity index (χ1) is 9.06. The number of carbonyl (C=O) groups is 1. The Kier molecular flexibility index (Phi) is 4.50. The minimum absolute atomic E-state index is 0.0389. The maximum Gasteiger partial charge on any atom is 0.253 e. The average molecular weight is 344 g/mol. The van der Waals surface area contributed by atoms with Crippen molar-refractivity contribution in [1.29, 1.82) is 0 Å². The summed E-state index contributed by atoms with van der Waals surface area (Å²) in [7, 11) is 0. The zero-order chi connectivity index (χ0) is 13.8. The molecule has 2 aromatic rings. The fourth-order valence-electron chi connectivity index (χ4n) is 1.44. The highest BCUT2D eigenvalue weighted by molar-refractivity contribution is 9.10. The molecule has 6 heteroatoms. The van der Waals surface area contributed by atoms with Crippen LogP contribution in [-0.4, -0.2) is 10.9 Å². The summed E-state index contributed by atoms with van der Waals surface area (Å²) in [6, 6.07) is 7.66. The molecule has 1 aromatic carbocycles. The molecule has 0 saturated heterocycles. The largest absolute Gasteiger partial charge is 0.348 e. The van der Waals surface area contributed by atoms with E-state index in [1.165, 1.54) is 18.3 Å². The number of halogens is 3. The van der Waals surface area contributed by atoms with Crippen LogP contribution >= 0.6 is 27.5 Å². The van der Waals surface area contributed by atoms with Crippen LogP contribution in [0.15, 0.2) is 41.1 Å². The molecule has 0 radical (unpaired) electrons. The smallest absolute Gasteiger partial charge is 0.253 e. The molecule has 0 fully saturated rings. The van der Waals surface area contributed by atoms with Gasteiger partial charge in [-0.05, 0) is 45.8 Å². The van der Waals surface area contributed by atoms with Crippen LogP contribution in [0.2, 0.25) is 5.02 Å². The van der Waals surface area contributed by atoms with E-state index in [1.54, 1.807) is 18.2 Å². The van der Waals surface area contributed by atoms with E-state index in [9.17, 15) is 9.18 Å². The number of pyridine rings is 1. The van der Waals surface area contributed by atoms with Crippen molar-refractivity contribution in [3.05, 3.63) is 63.1 Å². The number of nitrogens with one attached hydrogen (secondary N) is 1. The van der Waals surface area contributed by atoms with Crippen molar-refractivity contribution >= 4 is 33.4 Å². The summed E-state index contributed by atoms with van der Waals surface area (Å²) >= 11 is 8.85. The maximum absolute atomic E-state index is 13.0. The monoisotopic (exact) mass is 342 g/mol. The molecule has 19 heavy (non-hydrogen) atoms. The first-order valence-corrected chi connectivity index (χ1v) is 6.57. The van der Waals surface area contributed by atoms with Crippen molar-refractivity contribution < 1.29 is 9.18 Å². The molecule has 0 aliphatic carbocycles. The number of aromatic nitrogens is 1. The summed E-state index contributed by atoms with van der Waals surface area (Å²) in [4.78, 5) is 15.8. The molecule has 1 amide bonds. The molecule has 0 saturated carbocycles. The Morgan fingerprint density at radius 2 is 2.16 bits per heavy atom. The zero-order valence-corrected chi connectivity index (χ0v) is 12.0. The van der Waals surface area contributed by atoms with Gasteiger partial charge in [0.25, 0.3) is 5.91 Å². The predicted octanol–water partition coefficient (Wildman–Crippen LogP) is 3.57. The molecule has 98 valence electrons. The minimum atomic E-state index is -0.478. The second-order valence-electron chi connectivity index (χ2n) is 3.80. The Hall–Kier alpha value is -1.46. The van der Waals surface area contributed by atoms with Gasteiger partial charge in [-0.25, -0.2) is 9.37 Å². The molecule has 1 aromatic heterocycles. The molecule has 1 N–H and O–H groups in total. The van der Waals surface area contributed by atoms with Gasteiger partial charge in [-0.3, -0.25) is 4.79 Å². The van der Waals surface area contributed by atoms with E-state index in [2.05, 4.69) is 26.2 Å². The molecule has 0 aliphatic heterocycles. The second-order valence-corrected chi connectivity index (χ2v) is 5.02. The highest BCUT2D eigenvalue weighted by Gasteiger charge is 2.06. The van der Waals surface area contributed by atoms with Gasteiger partial charge in [-0.15, -0.1) is 0 Å². The SMILES string of the molecule is O=C(NCc1ccc(F)c(Cl)c1)c1ccc(Br)nc1. The molecular weight excluding hydrogens is 335 g/mol. The lowest BCUT2D eigenvalue weighted by Gasteiger charge is -2.06. The standard InChI is InChI=1S/C13H9BrClFN2O/c14-12-4-2-9(7-17-12)13(19)18-6-8-1-3-11(16)10(15)5-8/h1-5,7H,6H2,(H,18,19). The molecule has 0 aliphatic rings. The molecule has 0 unspecified atom stereocenters. The van der Waals surface area contributed by atoms with Crippen molar-refractivity contribution in [2.24, 2.45) is 0 Å². The Labute approximate surface area is 122 Å². The van der Waals surface area contributed by atoms with Gasteiger partial charge >= 0.3 is 0 Å². The van der Waals surface area contributed by atoms with Gasteiger partial charge in [-0.1, -0.05) is 17.7 Å². The first-order valence-electron chi connectivity index (χ1n) is 5.40. The van der Waals surface area contributed by atoms with E-state index in [0.717, 1.165) is 5.56 Å². The van der Waals surface area contributed by atoms with Crippen LogP contribution in [0.4, 0.5) is 4.39 Å². The van der Waals surface area contributed by atoms with Gasteiger partial charge < -0.3 is 5.32 Å². The minimum Gasteiger partial charge on any atom is -0.348 e. The Morgan fingerprint density at radius 3 is 2.79 bits per heavy atom. The summed E-state index contributed by atoms with van der Waals surface area (Å²) in [5.41, 5.74) is 1.18. The van der Waals surface area contributed by atoms with Crippen LogP contribution < -0.4 is 5.32 Å². The first kappa shape index (κ1) is 14.0. The lowest BCUT2D eigenvalue weighted by molar-refractivity contribution is 0.0950. The van der Waals surface area contributed by atoms with Crippen molar-refractivity contribution in [3.63, 3.8) is 0 Å². The van der Waals surface area contributed by atoms with Gasteiger partial charge in [0.1, 0.15) is 10.4 Å². The Balaban J connectivity index is 2.00. The Bertz CT molecular complexity index is 604. The fourth-order valence-corrected chi connectivity index (χ4v) is 1.88.